The quantitative estimate of drug-likeness (QED) is 0.625. The minimum atomic E-state index is -0.367. The number of Topliss-reactive ketones (excluding diaryl/α,β-unsaturated/α-hetero) is 1. The van der Waals surface area contributed by atoms with Crippen molar-refractivity contribution < 1.29 is 9.59 Å². The summed E-state index contributed by atoms with van der Waals surface area (Å²) in [6, 6.07) is 1.90. The summed E-state index contributed by atoms with van der Waals surface area (Å²) in [7, 11) is 0. The highest BCUT2D eigenvalue weighted by Crippen LogP contribution is 2.33. The van der Waals surface area contributed by atoms with Gasteiger partial charge in [-0.05, 0) is 50.2 Å². The molecule has 2 aromatic rings. The number of hydrogen-bond acceptors (Lipinski definition) is 4. The summed E-state index contributed by atoms with van der Waals surface area (Å²) in [6.07, 6.45) is 10.3. The van der Waals surface area contributed by atoms with Gasteiger partial charge in [0, 0.05) is 30.2 Å². The molecule has 0 spiro atoms. The van der Waals surface area contributed by atoms with Crippen LogP contribution in [0.2, 0.25) is 0 Å². The van der Waals surface area contributed by atoms with Crippen molar-refractivity contribution >= 4 is 22.7 Å². The van der Waals surface area contributed by atoms with Crippen LogP contribution in [0.4, 0.5) is 0 Å². The van der Waals surface area contributed by atoms with Crippen LogP contribution in [0.3, 0.4) is 0 Å². The number of ketones is 1. The number of carbonyl (C=O) groups excluding carboxylic acids is 2. The Morgan fingerprint density at radius 1 is 1.34 bits per heavy atom. The summed E-state index contributed by atoms with van der Waals surface area (Å²) < 4.78 is 0. The van der Waals surface area contributed by atoms with Gasteiger partial charge < -0.3 is 9.88 Å². The number of nitriles is 1. The van der Waals surface area contributed by atoms with Crippen molar-refractivity contribution in [3.63, 3.8) is 0 Å². The van der Waals surface area contributed by atoms with Crippen LogP contribution in [-0.2, 0) is 11.3 Å². The SMILES string of the molecule is CC.CCCC(C)C(C(C)=O)N1Cc2c(C)cnc3[nH]cc(c23)C1=O.N#CC1CCCC1. The first-order chi connectivity index (χ1) is 15.4. The smallest absolute Gasteiger partial charge is 0.257 e. The summed E-state index contributed by atoms with van der Waals surface area (Å²) in [5.41, 5.74) is 3.53. The Morgan fingerprint density at radius 3 is 2.53 bits per heavy atom. The number of amides is 1. The number of pyridine rings is 1. The largest absolute Gasteiger partial charge is 0.345 e. The van der Waals surface area contributed by atoms with Gasteiger partial charge in [-0.15, -0.1) is 0 Å². The molecule has 1 saturated carbocycles. The summed E-state index contributed by atoms with van der Waals surface area (Å²) in [5.74, 6) is 0.542. The molecule has 2 unspecified atom stereocenters. The van der Waals surface area contributed by atoms with Crippen molar-refractivity contribution in [3.05, 3.63) is 29.1 Å². The van der Waals surface area contributed by atoms with Crippen molar-refractivity contribution in [2.75, 3.05) is 0 Å². The second kappa shape index (κ2) is 11.8. The maximum Gasteiger partial charge on any atom is 0.257 e. The number of aromatic nitrogens is 2. The van der Waals surface area contributed by atoms with Gasteiger partial charge in [0.15, 0.2) is 5.78 Å². The molecule has 0 aromatic carbocycles. The van der Waals surface area contributed by atoms with Gasteiger partial charge in [0.1, 0.15) is 5.65 Å². The molecule has 1 N–H and O–H groups in total. The first-order valence-corrected chi connectivity index (χ1v) is 12.1. The predicted molar refractivity (Wildman–Crippen MR) is 128 cm³/mol. The van der Waals surface area contributed by atoms with Crippen molar-refractivity contribution in [3.8, 4) is 6.07 Å². The Bertz CT molecular complexity index is 966. The fraction of sp³-hybridized carbons (Fsp3) is 0.615. The number of hydrogen-bond donors (Lipinski definition) is 1. The molecule has 0 radical (unpaired) electrons. The van der Waals surface area contributed by atoms with Crippen LogP contribution in [0.1, 0.15) is 94.6 Å². The highest BCUT2D eigenvalue weighted by molar-refractivity contribution is 6.10. The molecule has 2 aromatic heterocycles. The molecule has 6 nitrogen and oxygen atoms in total. The van der Waals surface area contributed by atoms with Gasteiger partial charge in [0.05, 0.1) is 17.7 Å². The Balaban J connectivity index is 0.000000340. The van der Waals surface area contributed by atoms with Gasteiger partial charge in [-0.2, -0.15) is 5.26 Å². The minimum Gasteiger partial charge on any atom is -0.345 e. The number of aryl methyl sites for hydroxylation is 1. The van der Waals surface area contributed by atoms with Crippen LogP contribution in [0.15, 0.2) is 12.4 Å². The van der Waals surface area contributed by atoms with Crippen molar-refractivity contribution in [2.45, 2.75) is 92.7 Å². The van der Waals surface area contributed by atoms with E-state index in [4.69, 9.17) is 5.26 Å². The second-order valence-electron chi connectivity index (χ2n) is 8.71. The highest BCUT2D eigenvalue weighted by Gasteiger charge is 2.37. The van der Waals surface area contributed by atoms with E-state index in [0.29, 0.717) is 18.0 Å². The third-order valence-corrected chi connectivity index (χ3v) is 6.42. The standard InChI is InChI=1S/C18H23N3O2.C6H9N.C2H6/c1-5-6-10(2)16(12(4)22)21-9-14-11(3)7-19-17-15(14)13(8-20-17)18(21)23;7-5-6-3-1-2-4-6;1-2/h7-8,10,16H,5-6,9H2,1-4H3,(H,19,20);6H,1-4H2;1-2H3. The fourth-order valence-corrected chi connectivity index (χ4v) is 4.85. The molecular formula is C26H38N4O2. The fourth-order valence-electron chi connectivity index (χ4n) is 4.85. The van der Waals surface area contributed by atoms with Crippen LogP contribution in [0.25, 0.3) is 11.0 Å². The molecule has 3 heterocycles. The Morgan fingerprint density at radius 2 is 2.00 bits per heavy atom. The molecule has 0 saturated heterocycles. The molecule has 1 amide bonds. The Kier molecular flexibility index (Phi) is 9.43. The van der Waals surface area contributed by atoms with Crippen LogP contribution < -0.4 is 0 Å². The molecule has 0 bridgehead atoms. The molecule has 2 aliphatic rings. The number of rotatable bonds is 5. The molecule has 1 aliphatic carbocycles. The van der Waals surface area contributed by atoms with Gasteiger partial charge in [0.2, 0.25) is 0 Å². The van der Waals surface area contributed by atoms with Crippen LogP contribution in [-0.4, -0.2) is 32.6 Å². The Labute approximate surface area is 192 Å². The number of carbonyl (C=O) groups is 2. The predicted octanol–water partition coefficient (Wildman–Crippen LogP) is 5.95. The van der Waals surface area contributed by atoms with Crippen LogP contribution in [0.5, 0.6) is 0 Å². The van der Waals surface area contributed by atoms with E-state index in [0.717, 1.165) is 47.8 Å². The summed E-state index contributed by atoms with van der Waals surface area (Å²) in [4.78, 5) is 34.4. The summed E-state index contributed by atoms with van der Waals surface area (Å²) in [6.45, 7) is 12.2. The topological polar surface area (TPSA) is 89.8 Å². The zero-order valence-corrected chi connectivity index (χ0v) is 20.5. The summed E-state index contributed by atoms with van der Waals surface area (Å²) >= 11 is 0. The molecule has 2 atom stereocenters. The van der Waals surface area contributed by atoms with E-state index in [1.165, 1.54) is 12.8 Å². The highest BCUT2D eigenvalue weighted by atomic mass is 16.2. The lowest BCUT2D eigenvalue weighted by atomic mass is 9.89. The second-order valence-corrected chi connectivity index (χ2v) is 8.71. The first-order valence-electron chi connectivity index (χ1n) is 12.1. The summed E-state index contributed by atoms with van der Waals surface area (Å²) in [5, 5.41) is 9.23. The third kappa shape index (κ3) is 5.38. The lowest BCUT2D eigenvalue weighted by molar-refractivity contribution is -0.123. The van der Waals surface area contributed by atoms with Gasteiger partial charge in [0.25, 0.3) is 5.91 Å². The van der Waals surface area contributed by atoms with Crippen molar-refractivity contribution in [2.24, 2.45) is 11.8 Å². The minimum absolute atomic E-state index is 0.0567. The van der Waals surface area contributed by atoms with E-state index < -0.39 is 0 Å². The molecule has 1 fully saturated rings. The van der Waals surface area contributed by atoms with Gasteiger partial charge in [-0.1, -0.05) is 47.0 Å². The van der Waals surface area contributed by atoms with E-state index in [-0.39, 0.29) is 23.7 Å². The third-order valence-electron chi connectivity index (χ3n) is 6.42. The average molecular weight is 439 g/mol. The molecular weight excluding hydrogens is 400 g/mol. The molecule has 1 aliphatic heterocycles. The molecule has 4 rings (SSSR count). The number of nitrogens with one attached hydrogen (secondary N) is 1. The van der Waals surface area contributed by atoms with Gasteiger partial charge >= 0.3 is 0 Å². The van der Waals surface area contributed by atoms with Crippen LogP contribution >= 0.6 is 0 Å². The van der Waals surface area contributed by atoms with Gasteiger partial charge in [-0.3, -0.25) is 9.59 Å². The lowest BCUT2D eigenvalue weighted by Gasteiger charge is -2.36. The molecule has 6 heteroatoms. The maximum absolute atomic E-state index is 13.0. The lowest BCUT2D eigenvalue weighted by Crippen LogP contribution is -2.48. The number of aromatic amines is 1. The monoisotopic (exact) mass is 438 g/mol. The van der Waals surface area contributed by atoms with Crippen molar-refractivity contribution in [1.29, 1.82) is 5.26 Å². The average Bonchev–Trinajstić information content (AvgIpc) is 3.46. The molecule has 32 heavy (non-hydrogen) atoms. The van der Waals surface area contributed by atoms with E-state index in [1.54, 1.807) is 18.0 Å². The molecule has 174 valence electrons. The number of H-pyrrole nitrogens is 1. The first kappa shape index (κ1) is 25.6. The van der Waals surface area contributed by atoms with E-state index in [2.05, 4.69) is 29.9 Å². The Hall–Kier alpha value is -2.68. The maximum atomic E-state index is 13.0. The van der Waals surface area contributed by atoms with Gasteiger partial charge in [-0.25, -0.2) is 4.98 Å². The van der Waals surface area contributed by atoms with E-state index in [9.17, 15) is 9.59 Å². The number of nitrogens with zero attached hydrogens (tertiary/aromatic N) is 3. The zero-order chi connectivity index (χ0) is 23.8. The van der Waals surface area contributed by atoms with E-state index in [1.807, 2.05) is 27.0 Å². The van der Waals surface area contributed by atoms with Crippen molar-refractivity contribution in [1.82, 2.24) is 14.9 Å². The van der Waals surface area contributed by atoms with E-state index >= 15 is 0 Å². The normalized spacial score (nSPS) is 17.0. The zero-order valence-electron chi connectivity index (χ0n) is 20.5. The van der Waals surface area contributed by atoms with Crippen LogP contribution in [0, 0.1) is 30.1 Å².